The minimum absolute atomic E-state index is 0.137. The number of carbonyl (C=O) groups is 1. The van der Waals surface area contributed by atoms with Crippen molar-refractivity contribution in [2.24, 2.45) is 5.41 Å². The number of hydrogen-bond donors (Lipinski definition) is 0. The van der Waals surface area contributed by atoms with E-state index in [1.54, 1.807) is 0 Å². The van der Waals surface area contributed by atoms with Crippen molar-refractivity contribution in [3.8, 4) is 0 Å². The van der Waals surface area contributed by atoms with Gasteiger partial charge in [0.05, 0.1) is 0 Å². The van der Waals surface area contributed by atoms with Crippen LogP contribution < -0.4 is 0 Å². The van der Waals surface area contributed by atoms with Gasteiger partial charge in [-0.05, 0) is 46.0 Å². The van der Waals surface area contributed by atoms with Crippen LogP contribution in [0.2, 0.25) is 0 Å². The van der Waals surface area contributed by atoms with E-state index < -0.39 is 17.4 Å². The van der Waals surface area contributed by atoms with E-state index >= 15 is 0 Å². The number of rotatable bonds is 8. The van der Waals surface area contributed by atoms with Gasteiger partial charge in [-0.25, -0.2) is 4.79 Å². The van der Waals surface area contributed by atoms with Gasteiger partial charge in [0.25, 0.3) is 0 Å². The van der Waals surface area contributed by atoms with Gasteiger partial charge in [-0.2, -0.15) is 4.89 Å². The fourth-order valence-corrected chi connectivity index (χ4v) is 2.35. The molecule has 120 valence electrons. The standard InChI is InChI=1S/C16H32O4/c1-9-11-15(5,6)18-13(17)19-20-16(7,8)12-14(3,4)10-2/h9-12H2,1-8H3. The van der Waals surface area contributed by atoms with Crippen molar-refractivity contribution >= 4 is 6.16 Å². The fraction of sp³-hybridized carbons (Fsp3) is 0.938. The Kier molecular flexibility index (Phi) is 7.02. The van der Waals surface area contributed by atoms with Gasteiger partial charge < -0.3 is 4.74 Å². The molecule has 0 aromatic rings. The highest BCUT2D eigenvalue weighted by Gasteiger charge is 2.32. The maximum atomic E-state index is 11.6. The quantitative estimate of drug-likeness (QED) is 0.347. The van der Waals surface area contributed by atoms with E-state index in [1.807, 2.05) is 34.6 Å². The SMILES string of the molecule is CCCC(C)(C)OC(=O)OOC(C)(C)CC(C)(C)CC. The van der Waals surface area contributed by atoms with Crippen LogP contribution in [0.3, 0.4) is 0 Å². The Balaban J connectivity index is 4.30. The lowest BCUT2D eigenvalue weighted by Gasteiger charge is -2.32. The minimum atomic E-state index is -0.772. The summed E-state index contributed by atoms with van der Waals surface area (Å²) in [5.74, 6) is 0. The first-order chi connectivity index (χ1) is 8.93. The summed E-state index contributed by atoms with van der Waals surface area (Å²) in [7, 11) is 0. The lowest BCUT2D eigenvalue weighted by molar-refractivity contribution is -0.326. The van der Waals surface area contributed by atoms with Crippen LogP contribution in [0.4, 0.5) is 4.79 Å². The molecule has 0 heterocycles. The second-order valence-corrected chi connectivity index (χ2v) is 7.48. The van der Waals surface area contributed by atoms with E-state index in [2.05, 4.69) is 20.8 Å². The van der Waals surface area contributed by atoms with Crippen LogP contribution in [0, 0.1) is 5.41 Å². The molecule has 0 saturated heterocycles. The highest BCUT2D eigenvalue weighted by Crippen LogP contribution is 2.33. The smallest absolute Gasteiger partial charge is 0.426 e. The summed E-state index contributed by atoms with van der Waals surface area (Å²) in [6.45, 7) is 16.1. The van der Waals surface area contributed by atoms with Gasteiger partial charge in [0.1, 0.15) is 11.2 Å². The van der Waals surface area contributed by atoms with Crippen LogP contribution in [-0.2, 0) is 14.5 Å². The van der Waals surface area contributed by atoms with Crippen molar-refractivity contribution in [2.75, 3.05) is 0 Å². The highest BCUT2D eigenvalue weighted by molar-refractivity contribution is 5.59. The van der Waals surface area contributed by atoms with Crippen LogP contribution in [-0.4, -0.2) is 17.4 Å². The molecule has 0 N–H and O–H groups in total. The topological polar surface area (TPSA) is 44.8 Å². The van der Waals surface area contributed by atoms with Crippen LogP contribution in [0.15, 0.2) is 0 Å². The largest absolute Gasteiger partial charge is 0.541 e. The van der Waals surface area contributed by atoms with Crippen molar-refractivity contribution in [3.63, 3.8) is 0 Å². The third-order valence-corrected chi connectivity index (χ3v) is 3.41. The Labute approximate surface area is 124 Å². The zero-order valence-corrected chi connectivity index (χ0v) is 14.5. The van der Waals surface area contributed by atoms with E-state index in [0.29, 0.717) is 0 Å². The third-order valence-electron chi connectivity index (χ3n) is 3.41. The molecule has 0 rings (SSSR count). The summed E-state index contributed by atoms with van der Waals surface area (Å²) in [6.07, 6.45) is 2.78. The molecule has 0 aliphatic heterocycles. The van der Waals surface area contributed by atoms with Gasteiger partial charge in [0.15, 0.2) is 0 Å². The van der Waals surface area contributed by atoms with Crippen molar-refractivity contribution in [1.29, 1.82) is 0 Å². The molecule has 0 spiro atoms. The predicted octanol–water partition coefficient (Wildman–Crippen LogP) is 5.25. The summed E-state index contributed by atoms with van der Waals surface area (Å²) in [5, 5.41) is 0. The van der Waals surface area contributed by atoms with Gasteiger partial charge >= 0.3 is 6.16 Å². The molecule has 0 aliphatic rings. The first-order valence-electron chi connectivity index (χ1n) is 7.52. The van der Waals surface area contributed by atoms with Crippen molar-refractivity contribution in [3.05, 3.63) is 0 Å². The molecular formula is C16H32O4. The van der Waals surface area contributed by atoms with Gasteiger partial charge in [-0.1, -0.05) is 40.5 Å². The van der Waals surface area contributed by atoms with Gasteiger partial charge in [0, 0.05) is 0 Å². The zero-order chi connectivity index (χ0) is 16.0. The van der Waals surface area contributed by atoms with E-state index in [4.69, 9.17) is 14.5 Å². The Morgan fingerprint density at radius 3 is 1.95 bits per heavy atom. The summed E-state index contributed by atoms with van der Waals surface area (Å²) in [5.41, 5.74) is -0.923. The molecule has 20 heavy (non-hydrogen) atoms. The van der Waals surface area contributed by atoms with Gasteiger partial charge in [0.2, 0.25) is 0 Å². The van der Waals surface area contributed by atoms with Crippen LogP contribution in [0.25, 0.3) is 0 Å². The van der Waals surface area contributed by atoms with Crippen LogP contribution in [0.1, 0.15) is 81.1 Å². The lowest BCUT2D eigenvalue weighted by Crippen LogP contribution is -2.34. The average Bonchev–Trinajstić information content (AvgIpc) is 2.24. The van der Waals surface area contributed by atoms with E-state index in [1.165, 1.54) is 0 Å². The Morgan fingerprint density at radius 2 is 1.50 bits per heavy atom. The molecule has 0 amide bonds. The normalized spacial score (nSPS) is 13.2. The molecule has 0 unspecified atom stereocenters. The number of carbonyl (C=O) groups excluding carboxylic acids is 1. The molecule has 4 nitrogen and oxygen atoms in total. The van der Waals surface area contributed by atoms with Gasteiger partial charge in [-0.15, -0.1) is 0 Å². The van der Waals surface area contributed by atoms with Crippen molar-refractivity contribution < 1.29 is 19.3 Å². The van der Waals surface area contributed by atoms with E-state index in [-0.39, 0.29) is 5.41 Å². The molecule has 0 atom stereocenters. The molecule has 0 bridgehead atoms. The molecule has 0 aliphatic carbocycles. The second kappa shape index (κ2) is 7.30. The monoisotopic (exact) mass is 288 g/mol. The summed E-state index contributed by atoms with van der Waals surface area (Å²) in [6, 6.07) is 0. The van der Waals surface area contributed by atoms with Gasteiger partial charge in [-0.3, -0.25) is 4.89 Å². The molecule has 0 radical (unpaired) electrons. The molecule has 0 aromatic heterocycles. The number of ether oxygens (including phenoxy) is 1. The number of hydrogen-bond acceptors (Lipinski definition) is 4. The molecule has 4 heteroatoms. The van der Waals surface area contributed by atoms with Crippen LogP contribution in [0.5, 0.6) is 0 Å². The van der Waals surface area contributed by atoms with E-state index in [9.17, 15) is 4.79 Å². The Bertz CT molecular complexity index is 306. The van der Waals surface area contributed by atoms with Crippen molar-refractivity contribution in [2.45, 2.75) is 92.3 Å². The first kappa shape index (κ1) is 19.2. The maximum absolute atomic E-state index is 11.6. The average molecular weight is 288 g/mol. The maximum Gasteiger partial charge on any atom is 0.541 e. The summed E-state index contributed by atoms with van der Waals surface area (Å²) in [4.78, 5) is 21.7. The first-order valence-corrected chi connectivity index (χ1v) is 7.52. The fourth-order valence-electron chi connectivity index (χ4n) is 2.35. The second-order valence-electron chi connectivity index (χ2n) is 7.48. The van der Waals surface area contributed by atoms with E-state index in [0.717, 1.165) is 25.7 Å². The molecule has 0 fully saturated rings. The Morgan fingerprint density at radius 1 is 0.950 bits per heavy atom. The minimum Gasteiger partial charge on any atom is -0.426 e. The van der Waals surface area contributed by atoms with Crippen molar-refractivity contribution in [1.82, 2.24) is 0 Å². The van der Waals surface area contributed by atoms with Crippen LogP contribution >= 0.6 is 0 Å². The summed E-state index contributed by atoms with van der Waals surface area (Å²) < 4.78 is 5.24. The third kappa shape index (κ3) is 8.41. The summed E-state index contributed by atoms with van der Waals surface area (Å²) >= 11 is 0. The molecule has 0 saturated carbocycles. The molecule has 0 aromatic carbocycles. The zero-order valence-electron chi connectivity index (χ0n) is 14.5. The predicted molar refractivity (Wildman–Crippen MR) is 80.4 cm³/mol. The highest BCUT2D eigenvalue weighted by atomic mass is 17.2. The Hall–Kier alpha value is -0.770. The molecular weight excluding hydrogens is 256 g/mol. The lowest BCUT2D eigenvalue weighted by atomic mass is 9.80.